The second kappa shape index (κ2) is 7.72. The van der Waals surface area contributed by atoms with Gasteiger partial charge in [-0.05, 0) is 36.8 Å². The van der Waals surface area contributed by atoms with Crippen LogP contribution in [0.1, 0.15) is 11.1 Å². The summed E-state index contributed by atoms with van der Waals surface area (Å²) >= 11 is 6.04. The van der Waals surface area contributed by atoms with Crippen LogP contribution in [0.4, 0.5) is 5.69 Å². The number of hydrogen-bond donors (Lipinski definition) is 1. The van der Waals surface area contributed by atoms with Crippen LogP contribution in [0.25, 0.3) is 0 Å². The zero-order chi connectivity index (χ0) is 18.6. The van der Waals surface area contributed by atoms with Crippen LogP contribution in [0.2, 0.25) is 5.02 Å². The summed E-state index contributed by atoms with van der Waals surface area (Å²) in [5.41, 5.74) is 1.63. The number of nitrogens with zero attached hydrogens (tertiary/aromatic N) is 2. The number of rotatable bonds is 6. The molecule has 0 unspecified atom stereocenters. The number of hydrogen-bond acceptors (Lipinski definition) is 5. The lowest BCUT2D eigenvalue weighted by Crippen LogP contribution is -2.15. The maximum atomic E-state index is 12.7. The van der Waals surface area contributed by atoms with Crippen molar-refractivity contribution in [3.63, 3.8) is 0 Å². The Labute approximate surface area is 156 Å². The van der Waals surface area contributed by atoms with Gasteiger partial charge in [-0.25, -0.2) is 8.42 Å². The predicted octanol–water partition coefficient (Wildman–Crippen LogP) is 3.82. The van der Waals surface area contributed by atoms with Crippen molar-refractivity contribution in [1.82, 2.24) is 9.97 Å². The van der Waals surface area contributed by atoms with Gasteiger partial charge in [-0.1, -0.05) is 23.7 Å². The van der Waals surface area contributed by atoms with E-state index < -0.39 is 10.0 Å². The van der Waals surface area contributed by atoms with Gasteiger partial charge in [0.1, 0.15) is 6.61 Å². The monoisotopic (exact) mass is 389 g/mol. The number of benzene rings is 1. The van der Waals surface area contributed by atoms with Crippen LogP contribution in [0, 0.1) is 6.92 Å². The standard InChI is InChI=1S/C18H16ClN3O3S/c1-13-15(19)5-2-6-18(13)26(23,24)22-16-7-9-21-11-17(16)25-12-14-4-3-8-20-10-14/h2-11H,12H2,1H3,(H,21,22). The van der Waals surface area contributed by atoms with Gasteiger partial charge in [0.15, 0.2) is 5.75 Å². The van der Waals surface area contributed by atoms with E-state index in [0.717, 1.165) is 5.56 Å². The van der Waals surface area contributed by atoms with Crippen molar-refractivity contribution >= 4 is 27.3 Å². The molecule has 0 saturated carbocycles. The van der Waals surface area contributed by atoms with Gasteiger partial charge in [0.25, 0.3) is 10.0 Å². The Bertz CT molecular complexity index is 1010. The first-order chi connectivity index (χ1) is 12.5. The molecule has 0 aliphatic heterocycles. The Morgan fingerprint density at radius 2 is 1.88 bits per heavy atom. The van der Waals surface area contributed by atoms with Crippen molar-refractivity contribution in [2.45, 2.75) is 18.4 Å². The molecule has 26 heavy (non-hydrogen) atoms. The number of ether oxygens (including phenoxy) is 1. The predicted molar refractivity (Wildman–Crippen MR) is 99.8 cm³/mol. The summed E-state index contributed by atoms with van der Waals surface area (Å²) in [6.07, 6.45) is 6.29. The molecule has 0 radical (unpaired) electrons. The average molecular weight is 390 g/mol. The van der Waals surface area contributed by atoms with E-state index in [1.54, 1.807) is 37.5 Å². The lowest BCUT2D eigenvalue weighted by atomic mass is 10.2. The largest absolute Gasteiger partial charge is 0.485 e. The molecule has 6 nitrogen and oxygen atoms in total. The lowest BCUT2D eigenvalue weighted by molar-refractivity contribution is 0.306. The summed E-state index contributed by atoms with van der Waals surface area (Å²) in [5, 5.41) is 0.385. The number of pyridine rings is 2. The van der Waals surface area contributed by atoms with E-state index in [1.165, 1.54) is 24.5 Å². The van der Waals surface area contributed by atoms with E-state index >= 15 is 0 Å². The van der Waals surface area contributed by atoms with E-state index in [4.69, 9.17) is 16.3 Å². The Hall–Kier alpha value is -2.64. The van der Waals surface area contributed by atoms with Gasteiger partial charge in [-0.2, -0.15) is 0 Å². The van der Waals surface area contributed by atoms with E-state index in [1.807, 2.05) is 6.07 Å². The molecule has 1 N–H and O–H groups in total. The molecule has 0 fully saturated rings. The van der Waals surface area contributed by atoms with Gasteiger partial charge in [-0.3, -0.25) is 14.7 Å². The first-order valence-electron chi connectivity index (χ1n) is 7.71. The van der Waals surface area contributed by atoms with Crippen LogP contribution >= 0.6 is 11.6 Å². The molecule has 0 bridgehead atoms. The fraction of sp³-hybridized carbons (Fsp3) is 0.111. The summed E-state index contributed by atoms with van der Waals surface area (Å²) < 4.78 is 33.7. The summed E-state index contributed by atoms with van der Waals surface area (Å²) in [6, 6.07) is 9.94. The minimum atomic E-state index is -3.83. The van der Waals surface area contributed by atoms with Gasteiger partial charge in [0.2, 0.25) is 0 Å². The number of halogens is 1. The second-order valence-electron chi connectivity index (χ2n) is 5.49. The molecule has 2 aromatic heterocycles. The molecule has 0 aliphatic rings. The zero-order valence-electron chi connectivity index (χ0n) is 13.9. The average Bonchev–Trinajstić information content (AvgIpc) is 2.64. The maximum absolute atomic E-state index is 12.7. The molecule has 1 aromatic carbocycles. The maximum Gasteiger partial charge on any atom is 0.262 e. The molecule has 0 spiro atoms. The summed E-state index contributed by atoms with van der Waals surface area (Å²) in [6.45, 7) is 1.90. The first kappa shape index (κ1) is 18.2. The summed E-state index contributed by atoms with van der Waals surface area (Å²) in [5.74, 6) is 0.319. The molecule has 0 aliphatic carbocycles. The van der Waals surface area contributed by atoms with Gasteiger partial charge in [0.05, 0.1) is 16.8 Å². The molecular formula is C18H16ClN3O3S. The van der Waals surface area contributed by atoms with Crippen molar-refractivity contribution in [2.24, 2.45) is 0 Å². The fourth-order valence-electron chi connectivity index (χ4n) is 2.30. The van der Waals surface area contributed by atoms with Gasteiger partial charge >= 0.3 is 0 Å². The molecule has 8 heteroatoms. The molecule has 0 amide bonds. The molecule has 134 valence electrons. The number of aromatic nitrogens is 2. The van der Waals surface area contributed by atoms with Crippen molar-refractivity contribution < 1.29 is 13.2 Å². The quantitative estimate of drug-likeness (QED) is 0.693. The Balaban J connectivity index is 1.85. The van der Waals surface area contributed by atoms with Crippen LogP contribution in [0.15, 0.2) is 66.1 Å². The molecular weight excluding hydrogens is 374 g/mol. The summed E-state index contributed by atoms with van der Waals surface area (Å²) in [7, 11) is -3.83. The highest BCUT2D eigenvalue weighted by Gasteiger charge is 2.20. The Morgan fingerprint density at radius 1 is 1.08 bits per heavy atom. The SMILES string of the molecule is Cc1c(Cl)cccc1S(=O)(=O)Nc1ccncc1OCc1cccnc1. The van der Waals surface area contributed by atoms with Gasteiger partial charge < -0.3 is 4.74 Å². The normalized spacial score (nSPS) is 11.2. The highest BCUT2D eigenvalue weighted by atomic mass is 35.5. The smallest absolute Gasteiger partial charge is 0.262 e. The van der Waals surface area contributed by atoms with E-state index in [9.17, 15) is 8.42 Å². The van der Waals surface area contributed by atoms with E-state index in [-0.39, 0.29) is 11.5 Å². The van der Waals surface area contributed by atoms with Gasteiger partial charge in [-0.15, -0.1) is 0 Å². The van der Waals surface area contributed by atoms with Crippen LogP contribution in [-0.4, -0.2) is 18.4 Å². The van der Waals surface area contributed by atoms with Crippen LogP contribution in [0.3, 0.4) is 0 Å². The second-order valence-corrected chi connectivity index (χ2v) is 7.55. The minimum absolute atomic E-state index is 0.111. The van der Waals surface area contributed by atoms with Crippen molar-refractivity contribution in [3.05, 3.63) is 77.3 Å². The van der Waals surface area contributed by atoms with Crippen LogP contribution in [0.5, 0.6) is 5.75 Å². The lowest BCUT2D eigenvalue weighted by Gasteiger charge is -2.14. The van der Waals surface area contributed by atoms with Crippen molar-refractivity contribution in [2.75, 3.05) is 4.72 Å². The van der Waals surface area contributed by atoms with Crippen LogP contribution in [-0.2, 0) is 16.6 Å². The molecule has 0 atom stereocenters. The van der Waals surface area contributed by atoms with Gasteiger partial charge in [0, 0.05) is 29.2 Å². The zero-order valence-corrected chi connectivity index (χ0v) is 15.5. The third kappa shape index (κ3) is 4.12. The third-order valence-corrected chi connectivity index (χ3v) is 5.57. The summed E-state index contributed by atoms with van der Waals surface area (Å²) in [4.78, 5) is 8.12. The first-order valence-corrected chi connectivity index (χ1v) is 9.57. The Morgan fingerprint density at radius 3 is 2.65 bits per heavy atom. The third-order valence-electron chi connectivity index (χ3n) is 3.65. The Kier molecular flexibility index (Phi) is 5.39. The number of anilines is 1. The topological polar surface area (TPSA) is 81.2 Å². The molecule has 0 saturated heterocycles. The van der Waals surface area contributed by atoms with Crippen molar-refractivity contribution in [3.8, 4) is 5.75 Å². The molecule has 3 aromatic rings. The highest BCUT2D eigenvalue weighted by Crippen LogP contribution is 2.29. The van der Waals surface area contributed by atoms with E-state index in [0.29, 0.717) is 22.0 Å². The van der Waals surface area contributed by atoms with Crippen molar-refractivity contribution in [1.29, 1.82) is 0 Å². The number of sulfonamides is 1. The highest BCUT2D eigenvalue weighted by molar-refractivity contribution is 7.92. The number of nitrogens with one attached hydrogen (secondary N) is 1. The fourth-order valence-corrected chi connectivity index (χ4v) is 3.87. The molecule has 3 rings (SSSR count). The van der Waals surface area contributed by atoms with Crippen LogP contribution < -0.4 is 9.46 Å². The molecule has 2 heterocycles. The minimum Gasteiger partial charge on any atom is -0.485 e. The van der Waals surface area contributed by atoms with E-state index in [2.05, 4.69) is 14.7 Å².